The Labute approximate surface area is 192 Å². The van der Waals surface area contributed by atoms with E-state index in [-0.39, 0.29) is 15.5 Å². The van der Waals surface area contributed by atoms with Gasteiger partial charge in [0.15, 0.2) is 0 Å². The standard InChI is InChI=1S/C24H24ClNO5S/c1-17(27)31-21-6-3-7-23(15-21)32(29,30)22-10-8-18(9-11-22)12-13-26-16-24(28)19-4-2-5-20(25)14-19/h2-11,14-15,24,26,28H,12-13,16H2,1H3. The fourth-order valence-electron chi connectivity index (χ4n) is 3.15. The zero-order chi connectivity index (χ0) is 23.1. The molecule has 0 heterocycles. The third-order valence-electron chi connectivity index (χ3n) is 4.77. The number of rotatable bonds is 9. The molecule has 1 unspecified atom stereocenters. The molecule has 1 atom stereocenters. The van der Waals surface area contributed by atoms with Crippen LogP contribution in [0.3, 0.4) is 0 Å². The van der Waals surface area contributed by atoms with Crippen molar-refractivity contribution in [1.29, 1.82) is 0 Å². The first-order chi connectivity index (χ1) is 15.3. The fourth-order valence-corrected chi connectivity index (χ4v) is 4.64. The maximum Gasteiger partial charge on any atom is 0.308 e. The number of ether oxygens (including phenoxy) is 1. The van der Waals surface area contributed by atoms with Crippen LogP contribution in [0.4, 0.5) is 0 Å². The quantitative estimate of drug-likeness (QED) is 0.277. The Balaban J connectivity index is 1.57. The van der Waals surface area contributed by atoms with Crippen LogP contribution in [0.2, 0.25) is 5.02 Å². The molecule has 0 spiro atoms. The number of aliphatic hydroxyl groups is 1. The first kappa shape index (κ1) is 23.9. The average Bonchev–Trinajstić information content (AvgIpc) is 2.76. The zero-order valence-corrected chi connectivity index (χ0v) is 19.1. The molecule has 3 aromatic rings. The molecular formula is C24H24ClNO5S. The smallest absolute Gasteiger partial charge is 0.308 e. The van der Waals surface area contributed by atoms with Crippen LogP contribution >= 0.6 is 11.6 Å². The number of halogens is 1. The highest BCUT2D eigenvalue weighted by Gasteiger charge is 2.18. The van der Waals surface area contributed by atoms with Gasteiger partial charge in [0.1, 0.15) is 5.75 Å². The van der Waals surface area contributed by atoms with Crippen molar-refractivity contribution in [3.63, 3.8) is 0 Å². The normalized spacial score (nSPS) is 12.3. The van der Waals surface area contributed by atoms with Crippen LogP contribution in [0.5, 0.6) is 5.75 Å². The molecule has 0 radical (unpaired) electrons. The Morgan fingerprint density at radius 1 is 1.03 bits per heavy atom. The first-order valence-corrected chi connectivity index (χ1v) is 11.9. The fraction of sp³-hybridized carbons (Fsp3) is 0.208. The molecule has 0 amide bonds. The number of aliphatic hydroxyl groups excluding tert-OH is 1. The molecule has 3 aromatic carbocycles. The lowest BCUT2D eigenvalue weighted by molar-refractivity contribution is -0.131. The number of esters is 1. The molecule has 0 saturated carbocycles. The number of hydrogen-bond donors (Lipinski definition) is 2. The van der Waals surface area contributed by atoms with Crippen LogP contribution in [-0.2, 0) is 21.1 Å². The van der Waals surface area contributed by atoms with Gasteiger partial charge in [-0.05, 0) is 66.6 Å². The van der Waals surface area contributed by atoms with Crippen LogP contribution in [0.25, 0.3) is 0 Å². The van der Waals surface area contributed by atoms with Crippen molar-refractivity contribution < 1.29 is 23.1 Å². The van der Waals surface area contributed by atoms with E-state index < -0.39 is 21.9 Å². The van der Waals surface area contributed by atoms with E-state index in [1.807, 2.05) is 6.07 Å². The zero-order valence-electron chi connectivity index (χ0n) is 17.5. The second kappa shape index (κ2) is 10.7. The number of nitrogens with one attached hydrogen (secondary N) is 1. The molecule has 0 aliphatic carbocycles. The van der Waals surface area contributed by atoms with Crippen molar-refractivity contribution in [3.8, 4) is 5.75 Å². The van der Waals surface area contributed by atoms with Gasteiger partial charge in [-0.3, -0.25) is 4.79 Å². The number of benzene rings is 3. The van der Waals surface area contributed by atoms with Crippen molar-refractivity contribution in [1.82, 2.24) is 5.32 Å². The minimum Gasteiger partial charge on any atom is -0.427 e. The number of sulfone groups is 1. The molecule has 0 saturated heterocycles. The summed E-state index contributed by atoms with van der Waals surface area (Å²) >= 11 is 5.95. The van der Waals surface area contributed by atoms with Crippen LogP contribution in [0, 0.1) is 0 Å². The molecule has 0 bridgehead atoms. The lowest BCUT2D eigenvalue weighted by atomic mass is 10.1. The van der Waals surface area contributed by atoms with Gasteiger partial charge < -0.3 is 15.2 Å². The van der Waals surface area contributed by atoms with Crippen molar-refractivity contribution in [2.45, 2.75) is 29.2 Å². The molecule has 0 fully saturated rings. The van der Waals surface area contributed by atoms with Gasteiger partial charge in [0.2, 0.25) is 9.84 Å². The van der Waals surface area contributed by atoms with Gasteiger partial charge in [-0.25, -0.2) is 8.42 Å². The lowest BCUT2D eigenvalue weighted by Crippen LogP contribution is -2.23. The van der Waals surface area contributed by atoms with Gasteiger partial charge in [-0.2, -0.15) is 0 Å². The third kappa shape index (κ3) is 6.40. The van der Waals surface area contributed by atoms with Gasteiger partial charge in [0.25, 0.3) is 0 Å². The van der Waals surface area contributed by atoms with E-state index in [1.165, 1.54) is 31.2 Å². The van der Waals surface area contributed by atoms with Crippen molar-refractivity contribution >= 4 is 27.4 Å². The van der Waals surface area contributed by atoms with Gasteiger partial charge in [0.05, 0.1) is 15.9 Å². The van der Waals surface area contributed by atoms with E-state index >= 15 is 0 Å². The minimum absolute atomic E-state index is 0.0562. The first-order valence-electron chi connectivity index (χ1n) is 10.0. The molecule has 0 aliphatic heterocycles. The van der Waals surface area contributed by atoms with Crippen LogP contribution < -0.4 is 10.1 Å². The molecule has 3 rings (SSSR count). The summed E-state index contributed by atoms with van der Waals surface area (Å²) in [6, 6.07) is 19.6. The van der Waals surface area contributed by atoms with E-state index in [1.54, 1.807) is 42.5 Å². The summed E-state index contributed by atoms with van der Waals surface area (Å²) in [5, 5.41) is 14.0. The molecule has 2 N–H and O–H groups in total. The van der Waals surface area contributed by atoms with Crippen molar-refractivity contribution in [3.05, 3.63) is 88.9 Å². The van der Waals surface area contributed by atoms with Crippen LogP contribution in [-0.4, -0.2) is 32.6 Å². The van der Waals surface area contributed by atoms with E-state index in [9.17, 15) is 18.3 Å². The van der Waals surface area contributed by atoms with E-state index in [0.29, 0.717) is 24.5 Å². The van der Waals surface area contributed by atoms with Crippen LogP contribution in [0.1, 0.15) is 24.2 Å². The summed E-state index contributed by atoms with van der Waals surface area (Å²) < 4.78 is 30.8. The summed E-state index contributed by atoms with van der Waals surface area (Å²) in [6.07, 6.45) is 0.00816. The third-order valence-corrected chi connectivity index (χ3v) is 6.78. The Bertz CT molecular complexity index is 1180. The predicted octanol–water partition coefficient (Wildman–Crippen LogP) is 3.96. The largest absolute Gasteiger partial charge is 0.427 e. The van der Waals surface area contributed by atoms with E-state index in [2.05, 4.69) is 5.32 Å². The predicted molar refractivity (Wildman–Crippen MR) is 123 cm³/mol. The van der Waals surface area contributed by atoms with E-state index in [4.69, 9.17) is 16.3 Å². The van der Waals surface area contributed by atoms with Crippen molar-refractivity contribution in [2.75, 3.05) is 13.1 Å². The highest BCUT2D eigenvalue weighted by atomic mass is 35.5. The molecule has 0 aliphatic rings. The Hall–Kier alpha value is -2.71. The summed E-state index contributed by atoms with van der Waals surface area (Å²) in [5.74, 6) is -0.334. The number of hydrogen-bond acceptors (Lipinski definition) is 6. The SMILES string of the molecule is CC(=O)Oc1cccc(S(=O)(=O)c2ccc(CCNCC(O)c3cccc(Cl)c3)cc2)c1. The monoisotopic (exact) mass is 473 g/mol. The maximum absolute atomic E-state index is 12.9. The highest BCUT2D eigenvalue weighted by molar-refractivity contribution is 7.91. The Kier molecular flexibility index (Phi) is 8.04. The summed E-state index contributed by atoms with van der Waals surface area (Å²) in [5.41, 5.74) is 1.71. The van der Waals surface area contributed by atoms with E-state index in [0.717, 1.165) is 11.1 Å². The number of carbonyl (C=O) groups is 1. The summed E-state index contributed by atoms with van der Waals surface area (Å²) in [7, 11) is -3.74. The van der Waals surface area contributed by atoms with Gasteiger partial charge in [0, 0.05) is 18.5 Å². The molecule has 32 heavy (non-hydrogen) atoms. The molecule has 0 aromatic heterocycles. The number of carbonyl (C=O) groups excluding carboxylic acids is 1. The molecule has 168 valence electrons. The Morgan fingerprint density at radius 3 is 2.44 bits per heavy atom. The molecule has 6 nitrogen and oxygen atoms in total. The second-order valence-electron chi connectivity index (χ2n) is 7.24. The highest BCUT2D eigenvalue weighted by Crippen LogP contribution is 2.25. The topological polar surface area (TPSA) is 92.7 Å². The lowest BCUT2D eigenvalue weighted by Gasteiger charge is -2.13. The van der Waals surface area contributed by atoms with Crippen LogP contribution in [0.15, 0.2) is 82.6 Å². The van der Waals surface area contributed by atoms with Crippen molar-refractivity contribution in [2.24, 2.45) is 0 Å². The minimum atomic E-state index is -3.74. The summed E-state index contributed by atoms with van der Waals surface area (Å²) in [6.45, 7) is 2.26. The van der Waals surface area contributed by atoms with Gasteiger partial charge in [-0.1, -0.05) is 41.9 Å². The molecular weight excluding hydrogens is 450 g/mol. The second-order valence-corrected chi connectivity index (χ2v) is 9.63. The Morgan fingerprint density at radius 2 is 1.75 bits per heavy atom. The average molecular weight is 474 g/mol. The van der Waals surface area contributed by atoms with Gasteiger partial charge >= 0.3 is 5.97 Å². The summed E-state index contributed by atoms with van der Waals surface area (Å²) in [4.78, 5) is 11.3. The van der Waals surface area contributed by atoms with Gasteiger partial charge in [-0.15, -0.1) is 0 Å². The molecule has 8 heteroatoms. The maximum atomic E-state index is 12.9.